The van der Waals surface area contributed by atoms with Gasteiger partial charge in [-0.2, -0.15) is 0 Å². The molecule has 16 aliphatic carbocycles. The summed E-state index contributed by atoms with van der Waals surface area (Å²) in [5, 5.41) is 16.3. The molecule has 11 heteroatoms. The van der Waals surface area contributed by atoms with Gasteiger partial charge in [0.2, 0.25) is 0 Å². The van der Waals surface area contributed by atoms with Crippen molar-refractivity contribution < 1.29 is 4.74 Å². The lowest BCUT2D eigenvalue weighted by molar-refractivity contribution is -0.0209. The third-order valence-corrected chi connectivity index (χ3v) is 26.0. The largest absolute Gasteiger partial charge is 0.496 e. The fraction of sp³-hybridized carbons (Fsp3) is 0.615. The molecule has 22 rings (SSSR count). The molecule has 1 aliphatic heterocycles. The van der Waals surface area contributed by atoms with E-state index in [1.54, 1.807) is 18.9 Å². The number of allylic oxidation sites excluding steroid dienone is 2. The van der Waals surface area contributed by atoms with Crippen LogP contribution in [0, 0.1) is 71.0 Å². The van der Waals surface area contributed by atoms with Gasteiger partial charge >= 0.3 is 0 Å². The van der Waals surface area contributed by atoms with Crippen LogP contribution in [0.1, 0.15) is 184 Å². The molecular formula is C78H101ClN8OS. The summed E-state index contributed by atoms with van der Waals surface area (Å²) in [6.45, 7) is 5.88. The third-order valence-electron chi connectivity index (χ3n) is 25.0. The highest BCUT2D eigenvalue weighted by atomic mass is 35.5. The summed E-state index contributed by atoms with van der Waals surface area (Å²) in [6.07, 6.45) is 46.4. The minimum atomic E-state index is 0.401. The number of hydrogen-bond acceptors (Lipinski definition) is 10. The molecule has 17 aliphatic rings. The van der Waals surface area contributed by atoms with Crippen molar-refractivity contribution >= 4 is 29.1 Å². The van der Waals surface area contributed by atoms with Gasteiger partial charge in [0.15, 0.2) is 0 Å². The van der Waals surface area contributed by atoms with Gasteiger partial charge in [0, 0.05) is 106 Å². The molecule has 0 spiro atoms. The maximum absolute atomic E-state index is 5.84. The van der Waals surface area contributed by atoms with Crippen LogP contribution >= 0.6 is 23.4 Å². The van der Waals surface area contributed by atoms with E-state index in [4.69, 9.17) is 26.3 Å². The Morgan fingerprint density at radius 2 is 0.843 bits per heavy atom. The van der Waals surface area contributed by atoms with Crippen molar-refractivity contribution in [3.05, 3.63) is 137 Å². The number of rotatable bonds is 16. The van der Waals surface area contributed by atoms with Crippen molar-refractivity contribution in [3.63, 3.8) is 0 Å². The first-order valence-electron chi connectivity index (χ1n) is 35.4. The highest BCUT2D eigenvalue weighted by Gasteiger charge is 2.54. The van der Waals surface area contributed by atoms with Crippen LogP contribution in [0.3, 0.4) is 0 Å². The van der Waals surface area contributed by atoms with Crippen LogP contribution in [0.4, 0.5) is 0 Å². The van der Waals surface area contributed by atoms with Crippen molar-refractivity contribution in [1.29, 1.82) is 0 Å². The second kappa shape index (κ2) is 25.8. The maximum Gasteiger partial charge on any atom is 0.129 e. The zero-order chi connectivity index (χ0) is 60.2. The topological polar surface area (TPSA) is 108 Å². The normalized spacial score (nSPS) is 36.4. The second-order valence-corrected chi connectivity index (χ2v) is 33.1. The van der Waals surface area contributed by atoms with Crippen LogP contribution in [0.25, 0.3) is 22.3 Å². The Morgan fingerprint density at radius 1 is 0.449 bits per heavy atom. The number of pyridine rings is 3. The lowest BCUT2D eigenvalue weighted by atomic mass is 9.53. The van der Waals surface area contributed by atoms with Crippen molar-refractivity contribution in [2.45, 2.75) is 214 Å². The molecule has 4 heterocycles. The van der Waals surface area contributed by atoms with Crippen LogP contribution in [0.2, 0.25) is 5.15 Å². The summed E-state index contributed by atoms with van der Waals surface area (Å²) in [6, 6.07) is 29.5. The number of nitrogens with zero attached hydrogens (tertiary/aromatic N) is 4. The number of nitrogens with one attached hydrogen (secondary N) is 4. The number of benzene rings is 2. The van der Waals surface area contributed by atoms with Gasteiger partial charge in [-0.3, -0.25) is 15.0 Å². The number of halogens is 1. The van der Waals surface area contributed by atoms with Crippen molar-refractivity contribution in [2.75, 3.05) is 19.9 Å². The van der Waals surface area contributed by atoms with Gasteiger partial charge in [0.05, 0.1) is 18.5 Å². The van der Waals surface area contributed by atoms with Gasteiger partial charge in [-0.05, 0) is 280 Å². The van der Waals surface area contributed by atoms with Gasteiger partial charge in [-0.1, -0.05) is 72.3 Å². The Hall–Kier alpha value is -4.42. The Morgan fingerprint density at radius 3 is 1.21 bits per heavy atom. The molecule has 16 fully saturated rings. The Kier molecular flexibility index (Phi) is 17.6. The molecule has 2 aromatic carbocycles. The molecule has 5 aromatic rings. The Balaban J connectivity index is 0.000000101. The number of para-hydroxylation sites is 1. The van der Waals surface area contributed by atoms with Crippen LogP contribution in [0.5, 0.6) is 5.75 Å². The smallest absolute Gasteiger partial charge is 0.129 e. The molecule has 0 unspecified atom stereocenters. The van der Waals surface area contributed by atoms with Crippen molar-refractivity contribution in [1.82, 2.24) is 36.2 Å². The second-order valence-electron chi connectivity index (χ2n) is 31.9. The zero-order valence-electron chi connectivity index (χ0n) is 53.8. The average Bonchev–Trinajstić information content (AvgIpc) is 1.31. The van der Waals surface area contributed by atoms with Crippen molar-refractivity contribution in [3.8, 4) is 28.0 Å². The molecule has 89 heavy (non-hydrogen) atoms. The number of aliphatic imine (C=N–C) groups is 1. The van der Waals surface area contributed by atoms with E-state index >= 15 is 0 Å². The Labute approximate surface area is 542 Å². The van der Waals surface area contributed by atoms with E-state index in [0.717, 1.165) is 126 Å². The fourth-order valence-corrected chi connectivity index (χ4v) is 23.5. The minimum Gasteiger partial charge on any atom is -0.496 e. The number of thioether (sulfide) groups is 1. The van der Waals surface area contributed by atoms with E-state index in [-0.39, 0.29) is 0 Å². The number of ether oxygens (including phenoxy) is 1. The summed E-state index contributed by atoms with van der Waals surface area (Å²) < 4.78 is 5.48. The fourth-order valence-electron chi connectivity index (χ4n) is 22.8. The molecule has 0 saturated heterocycles. The van der Waals surface area contributed by atoms with Gasteiger partial charge in [0.1, 0.15) is 10.9 Å². The standard InChI is InChI=1S/C23H28N2O.C23H28N2S.C16H21ClN2.C16H24N2/c2*1-26-22-5-3-2-4-21(22)19-6-7-20(24-14-19)15-25-23-11-16-8-17(12-23)10-18(9-16)13-23;17-15-2-1-11(9-18-15)10-19-16-6-12-3-13(7-16)5-14(4-12)8-16;1-11-2-3-15(18-11)10-17-16-7-12-4-13(8-16)6-14(5-12)9-16/h2*2-7,14,16-18,25H,8-13,15H2,1H3;1-2,9,12-14,19H,3-8,10H2;2,12-14,17H,3-10H2,1H3. The van der Waals surface area contributed by atoms with E-state index < -0.39 is 0 Å². The van der Waals surface area contributed by atoms with Crippen LogP contribution < -0.4 is 26.0 Å². The van der Waals surface area contributed by atoms with Crippen LogP contribution in [-0.2, 0) is 19.6 Å². The number of methoxy groups -OCH3 is 1. The predicted molar refractivity (Wildman–Crippen MR) is 365 cm³/mol. The molecule has 472 valence electrons. The SMILES string of the molecule is CC1=CCC(CNC23CC4CC(CC(C4)C2)C3)=N1.COc1ccccc1-c1ccc(CNC23CC4CC(CC(C4)C2)C3)nc1.CSc1ccccc1-c1ccc(CNC23CC4CC(CC(C4)C2)C3)nc1.Clc1ccc(CNC23CC4CC(CC(C4)C2)C3)cn1. The first kappa shape index (κ1) is 60.8. The molecule has 4 N–H and O–H groups in total. The molecule has 0 atom stereocenters. The number of aromatic nitrogens is 3. The molecule has 16 bridgehead atoms. The predicted octanol–water partition coefficient (Wildman–Crippen LogP) is 17.4. The van der Waals surface area contributed by atoms with Gasteiger partial charge in [-0.15, -0.1) is 11.8 Å². The lowest BCUT2D eigenvalue weighted by Gasteiger charge is -2.57. The first-order valence-corrected chi connectivity index (χ1v) is 37.0. The van der Waals surface area contributed by atoms with E-state index in [0.29, 0.717) is 27.3 Å². The van der Waals surface area contributed by atoms with Gasteiger partial charge < -0.3 is 26.0 Å². The van der Waals surface area contributed by atoms with Crippen molar-refractivity contribution in [2.24, 2.45) is 76.0 Å². The summed E-state index contributed by atoms with van der Waals surface area (Å²) in [4.78, 5) is 19.6. The zero-order valence-corrected chi connectivity index (χ0v) is 55.4. The quantitative estimate of drug-likeness (QED) is 0.0567. The summed E-state index contributed by atoms with van der Waals surface area (Å²) >= 11 is 7.63. The number of hydrogen-bond donors (Lipinski definition) is 4. The average molecular weight is 1230 g/mol. The molecule has 3 aromatic heterocycles. The van der Waals surface area contributed by atoms with E-state index in [1.807, 2.05) is 42.9 Å². The summed E-state index contributed by atoms with van der Waals surface area (Å²) in [5.74, 6) is 12.9. The van der Waals surface area contributed by atoms with E-state index in [2.05, 4.69) is 111 Å². The van der Waals surface area contributed by atoms with E-state index in [9.17, 15) is 0 Å². The lowest BCUT2D eigenvalue weighted by Crippen LogP contribution is -2.59. The Bertz CT molecular complexity index is 3040. The first-order chi connectivity index (χ1) is 43.4. The highest BCUT2D eigenvalue weighted by molar-refractivity contribution is 7.98. The van der Waals surface area contributed by atoms with Crippen LogP contribution in [0.15, 0.2) is 125 Å². The molecular weight excluding hydrogens is 1130 g/mol. The molecule has 0 radical (unpaired) electrons. The molecule has 16 saturated carbocycles. The van der Waals surface area contributed by atoms with Gasteiger partial charge in [0.25, 0.3) is 0 Å². The monoisotopic (exact) mass is 1230 g/mol. The van der Waals surface area contributed by atoms with Gasteiger partial charge in [-0.25, -0.2) is 4.98 Å². The summed E-state index contributed by atoms with van der Waals surface area (Å²) in [7, 11) is 1.72. The van der Waals surface area contributed by atoms with E-state index in [1.165, 1.54) is 193 Å². The maximum atomic E-state index is 5.84. The third kappa shape index (κ3) is 13.8. The molecule has 9 nitrogen and oxygen atoms in total. The molecule has 0 amide bonds. The van der Waals surface area contributed by atoms with Crippen LogP contribution in [-0.4, -0.2) is 62.7 Å². The minimum absolute atomic E-state index is 0.401. The highest BCUT2D eigenvalue weighted by Crippen LogP contribution is 2.59. The summed E-state index contributed by atoms with van der Waals surface area (Å²) in [5.41, 5.74) is 12.6.